The highest BCUT2D eigenvalue weighted by Gasteiger charge is 2.23. The molecule has 0 aromatic heterocycles. The second-order valence-electron chi connectivity index (χ2n) is 6.96. The minimum Gasteiger partial charge on any atom is -0.325 e. The Hall–Kier alpha value is -3.35. The molecule has 0 aliphatic carbocycles. The molecule has 0 aliphatic rings. The van der Waals surface area contributed by atoms with Crippen LogP contribution in [0, 0.1) is 0 Å². The molecule has 6 nitrogen and oxygen atoms in total. The fourth-order valence-corrected chi connectivity index (χ4v) is 3.54. The average molecular weight is 470 g/mol. The number of halogens is 2. The molecule has 0 saturated carbocycles. The van der Waals surface area contributed by atoms with Gasteiger partial charge < -0.3 is 5.32 Å². The summed E-state index contributed by atoms with van der Waals surface area (Å²) in [6.07, 6.45) is -0.194. The maximum Gasteiger partial charge on any atom is 0.250 e. The molecule has 3 rings (SSSR count). The third-order valence-electron chi connectivity index (χ3n) is 4.64. The summed E-state index contributed by atoms with van der Waals surface area (Å²) in [5.41, 5.74) is 6.84. The van der Waals surface area contributed by atoms with Crippen molar-refractivity contribution < 1.29 is 14.4 Å². The topological polar surface area (TPSA) is 87.3 Å². The normalized spacial score (nSPS) is 10.5. The maximum absolute atomic E-state index is 12.9. The van der Waals surface area contributed by atoms with Crippen LogP contribution < -0.4 is 16.2 Å². The highest BCUT2D eigenvalue weighted by molar-refractivity contribution is 6.36. The van der Waals surface area contributed by atoms with Crippen molar-refractivity contribution in [3.05, 3.63) is 100 Å². The Kier molecular flexibility index (Phi) is 8.25. The fraction of sp³-hybridized carbons (Fsp3) is 0.125. The lowest BCUT2D eigenvalue weighted by Gasteiger charge is -2.18. The minimum atomic E-state index is -0.590. The standard InChI is InChI=1S/C24H21Cl2N3O3/c25-18-11-12-20(19(26)15-18)27-21(30)13-14-22(31)28-29-24(32)23(16-7-3-1-4-8-16)17-9-5-2-6-10-17/h1-12,15,23H,13-14H2,(H,27,30)(H,28,31)(H,29,32). The Morgan fingerprint density at radius 2 is 1.28 bits per heavy atom. The lowest BCUT2D eigenvalue weighted by Crippen LogP contribution is -2.44. The Labute approximate surface area is 195 Å². The lowest BCUT2D eigenvalue weighted by molar-refractivity contribution is -0.130. The van der Waals surface area contributed by atoms with Crippen molar-refractivity contribution in [2.45, 2.75) is 18.8 Å². The molecular formula is C24H21Cl2N3O3. The molecule has 32 heavy (non-hydrogen) atoms. The van der Waals surface area contributed by atoms with Crippen molar-refractivity contribution in [3.63, 3.8) is 0 Å². The second kappa shape index (κ2) is 11.3. The first kappa shape index (κ1) is 23.3. The molecule has 0 spiro atoms. The molecular weight excluding hydrogens is 449 g/mol. The van der Waals surface area contributed by atoms with Gasteiger partial charge in [0.1, 0.15) is 0 Å². The zero-order valence-electron chi connectivity index (χ0n) is 17.0. The number of rotatable bonds is 7. The van der Waals surface area contributed by atoms with Crippen LogP contribution in [0.5, 0.6) is 0 Å². The summed E-state index contributed by atoms with van der Waals surface area (Å²) < 4.78 is 0. The van der Waals surface area contributed by atoms with E-state index in [4.69, 9.17) is 23.2 Å². The SMILES string of the molecule is O=C(CCC(=O)Nc1ccc(Cl)cc1Cl)NNC(=O)C(c1ccccc1)c1ccccc1. The van der Waals surface area contributed by atoms with Gasteiger partial charge in [-0.15, -0.1) is 0 Å². The number of hydrogen-bond acceptors (Lipinski definition) is 3. The molecule has 0 bridgehead atoms. The van der Waals surface area contributed by atoms with E-state index in [1.54, 1.807) is 12.1 Å². The molecule has 3 amide bonds. The molecule has 0 atom stereocenters. The van der Waals surface area contributed by atoms with E-state index in [0.29, 0.717) is 15.7 Å². The molecule has 0 aliphatic heterocycles. The number of carbonyl (C=O) groups is 3. The quantitative estimate of drug-likeness (QED) is 0.438. The van der Waals surface area contributed by atoms with Gasteiger partial charge >= 0.3 is 0 Å². The number of hydrogen-bond donors (Lipinski definition) is 3. The molecule has 3 aromatic rings. The predicted molar refractivity (Wildman–Crippen MR) is 125 cm³/mol. The van der Waals surface area contributed by atoms with E-state index in [1.165, 1.54) is 6.07 Å². The average Bonchev–Trinajstić information content (AvgIpc) is 2.80. The number of hydrazine groups is 1. The number of benzene rings is 3. The molecule has 3 N–H and O–H groups in total. The molecule has 0 saturated heterocycles. The summed E-state index contributed by atoms with van der Waals surface area (Å²) in [5, 5.41) is 3.37. The summed E-state index contributed by atoms with van der Waals surface area (Å²) in [5.74, 6) is -1.85. The van der Waals surface area contributed by atoms with Gasteiger partial charge in [0.15, 0.2) is 0 Å². The lowest BCUT2D eigenvalue weighted by atomic mass is 9.91. The van der Waals surface area contributed by atoms with Gasteiger partial charge in [-0.25, -0.2) is 0 Å². The Morgan fingerprint density at radius 3 is 1.84 bits per heavy atom. The summed E-state index contributed by atoms with van der Waals surface area (Å²) >= 11 is 11.9. The van der Waals surface area contributed by atoms with Crippen molar-refractivity contribution in [2.24, 2.45) is 0 Å². The van der Waals surface area contributed by atoms with Gasteiger partial charge in [0.2, 0.25) is 17.7 Å². The molecule has 0 heterocycles. The van der Waals surface area contributed by atoms with Crippen molar-refractivity contribution in [1.82, 2.24) is 10.9 Å². The predicted octanol–water partition coefficient (Wildman–Crippen LogP) is 4.69. The van der Waals surface area contributed by atoms with E-state index in [2.05, 4.69) is 16.2 Å². The van der Waals surface area contributed by atoms with E-state index < -0.39 is 11.8 Å². The monoisotopic (exact) mass is 469 g/mol. The molecule has 8 heteroatoms. The van der Waals surface area contributed by atoms with Gasteiger partial charge in [-0.3, -0.25) is 25.2 Å². The molecule has 0 radical (unpaired) electrons. The third-order valence-corrected chi connectivity index (χ3v) is 5.19. The van der Waals surface area contributed by atoms with Crippen LogP contribution in [0.1, 0.15) is 29.9 Å². The molecule has 0 fully saturated rings. The Balaban J connectivity index is 1.53. The highest BCUT2D eigenvalue weighted by Crippen LogP contribution is 2.26. The second-order valence-corrected chi connectivity index (χ2v) is 7.81. The smallest absolute Gasteiger partial charge is 0.250 e. The van der Waals surface area contributed by atoms with Crippen LogP contribution in [-0.2, 0) is 14.4 Å². The molecule has 3 aromatic carbocycles. The van der Waals surface area contributed by atoms with E-state index >= 15 is 0 Å². The van der Waals surface area contributed by atoms with Crippen LogP contribution in [0.15, 0.2) is 78.9 Å². The van der Waals surface area contributed by atoms with Crippen molar-refractivity contribution >= 4 is 46.6 Å². The number of anilines is 1. The van der Waals surface area contributed by atoms with Crippen LogP contribution in [0.3, 0.4) is 0 Å². The zero-order chi connectivity index (χ0) is 22.9. The van der Waals surface area contributed by atoms with E-state index in [1.807, 2.05) is 60.7 Å². The first-order valence-electron chi connectivity index (χ1n) is 9.87. The van der Waals surface area contributed by atoms with Gasteiger partial charge in [-0.2, -0.15) is 0 Å². The van der Waals surface area contributed by atoms with Crippen LogP contribution in [0.4, 0.5) is 5.69 Å². The van der Waals surface area contributed by atoms with Gasteiger partial charge in [-0.1, -0.05) is 83.9 Å². The van der Waals surface area contributed by atoms with E-state index in [0.717, 1.165) is 11.1 Å². The number of carbonyl (C=O) groups excluding carboxylic acids is 3. The van der Waals surface area contributed by atoms with Crippen LogP contribution in [-0.4, -0.2) is 17.7 Å². The summed E-state index contributed by atoms with van der Waals surface area (Å²) in [4.78, 5) is 37.1. The largest absolute Gasteiger partial charge is 0.325 e. The van der Waals surface area contributed by atoms with Crippen molar-refractivity contribution in [3.8, 4) is 0 Å². The van der Waals surface area contributed by atoms with Crippen molar-refractivity contribution in [1.29, 1.82) is 0 Å². The van der Waals surface area contributed by atoms with Gasteiger partial charge in [0, 0.05) is 17.9 Å². The summed E-state index contributed by atoms with van der Waals surface area (Å²) in [7, 11) is 0. The van der Waals surface area contributed by atoms with E-state index in [-0.39, 0.29) is 24.7 Å². The van der Waals surface area contributed by atoms with Crippen LogP contribution >= 0.6 is 23.2 Å². The number of nitrogens with one attached hydrogen (secondary N) is 3. The fourth-order valence-electron chi connectivity index (χ4n) is 3.08. The summed E-state index contributed by atoms with van der Waals surface area (Å²) in [6, 6.07) is 23.2. The Bertz CT molecular complexity index is 1050. The highest BCUT2D eigenvalue weighted by atomic mass is 35.5. The molecule has 0 unspecified atom stereocenters. The van der Waals surface area contributed by atoms with Gasteiger partial charge in [-0.05, 0) is 29.3 Å². The van der Waals surface area contributed by atoms with E-state index in [9.17, 15) is 14.4 Å². The minimum absolute atomic E-state index is 0.0819. The van der Waals surface area contributed by atoms with Gasteiger partial charge in [0.05, 0.1) is 16.6 Å². The third kappa shape index (κ3) is 6.57. The van der Waals surface area contributed by atoms with Gasteiger partial charge in [0.25, 0.3) is 0 Å². The van der Waals surface area contributed by atoms with Crippen molar-refractivity contribution in [2.75, 3.05) is 5.32 Å². The summed E-state index contributed by atoms with van der Waals surface area (Å²) in [6.45, 7) is 0. The number of amides is 3. The first-order chi connectivity index (χ1) is 15.4. The zero-order valence-corrected chi connectivity index (χ0v) is 18.5. The maximum atomic E-state index is 12.9. The van der Waals surface area contributed by atoms with Crippen LogP contribution in [0.2, 0.25) is 10.0 Å². The first-order valence-corrected chi connectivity index (χ1v) is 10.6. The van der Waals surface area contributed by atoms with Crippen LogP contribution in [0.25, 0.3) is 0 Å². The Morgan fingerprint density at radius 1 is 0.719 bits per heavy atom. The molecule has 164 valence electrons.